The van der Waals surface area contributed by atoms with Crippen molar-refractivity contribution in [1.29, 1.82) is 0 Å². The third kappa shape index (κ3) is 3.56. The van der Waals surface area contributed by atoms with Gasteiger partial charge in [-0.2, -0.15) is 0 Å². The first-order valence-corrected chi connectivity index (χ1v) is 9.70. The number of nitro groups is 1. The molecule has 3 aromatic rings. The Bertz CT molecular complexity index is 1040. The molecule has 0 amide bonds. The largest absolute Gasteiger partial charge is 0.490 e. The molecule has 29 heavy (non-hydrogen) atoms. The van der Waals surface area contributed by atoms with Crippen LogP contribution in [0.15, 0.2) is 54.7 Å². The van der Waals surface area contributed by atoms with Crippen molar-refractivity contribution in [2.45, 2.75) is 26.4 Å². The lowest BCUT2D eigenvalue weighted by molar-refractivity contribution is -0.384. The molecule has 4 rings (SSSR count). The van der Waals surface area contributed by atoms with E-state index in [4.69, 9.17) is 9.47 Å². The number of nitro benzene ring substituents is 1. The van der Waals surface area contributed by atoms with Crippen LogP contribution in [0.2, 0.25) is 0 Å². The number of fused-ring (bicyclic) bond motifs is 3. The molecule has 7 nitrogen and oxygen atoms in total. The molecule has 0 fully saturated rings. The first-order valence-electron chi connectivity index (χ1n) is 9.70. The number of hydrogen-bond acceptors (Lipinski definition) is 5. The van der Waals surface area contributed by atoms with Gasteiger partial charge in [0.1, 0.15) is 0 Å². The van der Waals surface area contributed by atoms with Gasteiger partial charge >= 0.3 is 0 Å². The van der Waals surface area contributed by atoms with E-state index in [2.05, 4.69) is 9.88 Å². The average molecular weight is 393 g/mol. The number of nitrogens with one attached hydrogen (secondary N) is 1. The Morgan fingerprint density at radius 1 is 1.10 bits per heavy atom. The Kier molecular flexibility index (Phi) is 5.22. The predicted molar refractivity (Wildman–Crippen MR) is 110 cm³/mol. The van der Waals surface area contributed by atoms with E-state index < -0.39 is 0 Å². The van der Waals surface area contributed by atoms with Gasteiger partial charge in [-0.1, -0.05) is 12.1 Å². The van der Waals surface area contributed by atoms with E-state index in [0.29, 0.717) is 25.5 Å². The summed E-state index contributed by atoms with van der Waals surface area (Å²) < 4.78 is 13.7. The highest BCUT2D eigenvalue weighted by Gasteiger charge is 2.25. The highest BCUT2D eigenvalue weighted by molar-refractivity contribution is 5.57. The number of rotatable bonds is 6. The number of aromatic nitrogens is 1. The molecule has 1 N–H and O–H groups in total. The second kappa shape index (κ2) is 7.97. The summed E-state index contributed by atoms with van der Waals surface area (Å²) in [4.78, 5) is 10.9. The van der Waals surface area contributed by atoms with Gasteiger partial charge in [0.25, 0.3) is 5.69 Å². The molecule has 0 saturated heterocycles. The highest BCUT2D eigenvalue weighted by atomic mass is 16.6. The summed E-state index contributed by atoms with van der Waals surface area (Å²) >= 11 is 0. The van der Waals surface area contributed by atoms with Gasteiger partial charge in [-0.25, -0.2) is 0 Å². The molecule has 0 spiro atoms. The number of hydrogen-bond donors (Lipinski definition) is 1. The predicted octanol–water partition coefficient (Wildman–Crippen LogP) is 4.38. The summed E-state index contributed by atoms with van der Waals surface area (Å²) in [6, 6.07) is 14.6. The van der Waals surface area contributed by atoms with Crippen molar-refractivity contribution in [1.82, 2.24) is 9.88 Å². The fourth-order valence-corrected chi connectivity index (χ4v) is 3.77. The summed E-state index contributed by atoms with van der Waals surface area (Å²) in [6.45, 7) is 5.59. The van der Waals surface area contributed by atoms with Gasteiger partial charge in [0.15, 0.2) is 11.5 Å². The smallest absolute Gasteiger partial charge is 0.269 e. The Balaban J connectivity index is 1.81. The average Bonchev–Trinajstić information content (AvgIpc) is 3.14. The zero-order valence-corrected chi connectivity index (χ0v) is 16.4. The SMILES string of the molecule is CCOc1cc2c(cc1OCC)-n1cccc1[C@@H](c1cccc([N+](=O)[O-])c1)NC2. The van der Waals surface area contributed by atoms with Crippen molar-refractivity contribution < 1.29 is 14.4 Å². The van der Waals surface area contributed by atoms with E-state index in [1.165, 1.54) is 6.07 Å². The lowest BCUT2D eigenvalue weighted by Crippen LogP contribution is -2.21. The van der Waals surface area contributed by atoms with Crippen molar-refractivity contribution >= 4 is 5.69 Å². The maximum Gasteiger partial charge on any atom is 0.269 e. The number of benzene rings is 2. The van der Waals surface area contributed by atoms with Crippen molar-refractivity contribution in [3.63, 3.8) is 0 Å². The third-order valence-electron chi connectivity index (χ3n) is 4.99. The van der Waals surface area contributed by atoms with Gasteiger partial charge in [-0.15, -0.1) is 0 Å². The van der Waals surface area contributed by atoms with Crippen LogP contribution in [0.25, 0.3) is 5.69 Å². The quantitative estimate of drug-likeness (QED) is 0.497. The van der Waals surface area contributed by atoms with Crippen LogP contribution in [-0.4, -0.2) is 22.7 Å². The van der Waals surface area contributed by atoms with Crippen molar-refractivity contribution in [2.75, 3.05) is 13.2 Å². The normalized spacial score (nSPS) is 15.2. The minimum absolute atomic E-state index is 0.0847. The molecule has 1 aliphatic heterocycles. The number of non-ortho nitro benzene ring substituents is 1. The summed E-state index contributed by atoms with van der Waals surface area (Å²) in [6.07, 6.45) is 2.00. The second-order valence-electron chi connectivity index (χ2n) is 6.76. The first-order chi connectivity index (χ1) is 14.1. The summed E-state index contributed by atoms with van der Waals surface area (Å²) in [5.41, 5.74) is 4.03. The van der Waals surface area contributed by atoms with E-state index >= 15 is 0 Å². The van der Waals surface area contributed by atoms with Gasteiger partial charge in [0, 0.05) is 36.6 Å². The highest BCUT2D eigenvalue weighted by Crippen LogP contribution is 2.37. The lowest BCUT2D eigenvalue weighted by Gasteiger charge is -2.18. The first kappa shape index (κ1) is 19.0. The molecule has 0 radical (unpaired) electrons. The van der Waals surface area contributed by atoms with Crippen LogP contribution in [0.4, 0.5) is 5.69 Å². The zero-order valence-electron chi connectivity index (χ0n) is 16.4. The lowest BCUT2D eigenvalue weighted by atomic mass is 10.0. The summed E-state index contributed by atoms with van der Waals surface area (Å²) in [5.74, 6) is 1.43. The van der Waals surface area contributed by atoms with Gasteiger partial charge in [-0.3, -0.25) is 10.1 Å². The fraction of sp³-hybridized carbons (Fsp3) is 0.273. The van der Waals surface area contributed by atoms with Crippen LogP contribution in [-0.2, 0) is 6.54 Å². The topological polar surface area (TPSA) is 78.6 Å². The molecule has 2 aromatic carbocycles. The molecule has 2 heterocycles. The van der Waals surface area contributed by atoms with E-state index in [1.54, 1.807) is 12.1 Å². The van der Waals surface area contributed by atoms with Crippen LogP contribution in [0.3, 0.4) is 0 Å². The van der Waals surface area contributed by atoms with Crippen LogP contribution in [0.5, 0.6) is 11.5 Å². The Morgan fingerprint density at radius 3 is 2.59 bits per heavy atom. The molecule has 0 bridgehead atoms. The molecule has 7 heteroatoms. The molecule has 1 aromatic heterocycles. The molecule has 1 aliphatic rings. The zero-order chi connectivity index (χ0) is 20.4. The molecule has 0 saturated carbocycles. The van der Waals surface area contributed by atoms with Crippen molar-refractivity contribution in [3.05, 3.63) is 81.7 Å². The van der Waals surface area contributed by atoms with Crippen LogP contribution >= 0.6 is 0 Å². The minimum atomic E-state index is -0.364. The number of nitrogens with zero attached hydrogens (tertiary/aromatic N) is 2. The number of ether oxygens (including phenoxy) is 2. The van der Waals surface area contributed by atoms with Crippen LogP contribution in [0, 0.1) is 10.1 Å². The van der Waals surface area contributed by atoms with Crippen molar-refractivity contribution in [2.24, 2.45) is 0 Å². The molecule has 150 valence electrons. The van der Waals surface area contributed by atoms with Gasteiger partial charge in [0.05, 0.1) is 29.9 Å². The van der Waals surface area contributed by atoms with Gasteiger partial charge in [0.2, 0.25) is 0 Å². The second-order valence-corrected chi connectivity index (χ2v) is 6.76. The standard InChI is InChI=1S/C22H23N3O4/c1-3-28-20-12-16-14-23-22(15-7-5-8-17(11-15)25(26)27)18-9-6-10-24(18)19(16)13-21(20)29-4-2/h5-13,22-23H,3-4,14H2,1-2H3/t22-/m1/s1. The van der Waals surface area contributed by atoms with E-state index in [1.807, 2.05) is 50.4 Å². The Labute approximate surface area is 169 Å². The van der Waals surface area contributed by atoms with E-state index in [9.17, 15) is 10.1 Å². The fourth-order valence-electron chi connectivity index (χ4n) is 3.77. The van der Waals surface area contributed by atoms with Crippen molar-refractivity contribution in [3.8, 4) is 17.2 Å². The third-order valence-corrected chi connectivity index (χ3v) is 4.99. The van der Waals surface area contributed by atoms with Crippen LogP contribution in [0.1, 0.15) is 36.7 Å². The Morgan fingerprint density at radius 2 is 1.86 bits per heavy atom. The van der Waals surface area contributed by atoms with Gasteiger partial charge in [-0.05, 0) is 43.2 Å². The Hall–Kier alpha value is -3.32. The molecule has 1 atom stereocenters. The minimum Gasteiger partial charge on any atom is -0.490 e. The molecule has 0 aliphatic carbocycles. The summed E-state index contributed by atoms with van der Waals surface area (Å²) in [5, 5.41) is 14.8. The van der Waals surface area contributed by atoms with Crippen LogP contribution < -0.4 is 14.8 Å². The van der Waals surface area contributed by atoms with Gasteiger partial charge < -0.3 is 19.4 Å². The maximum atomic E-state index is 11.2. The maximum absolute atomic E-state index is 11.2. The van der Waals surface area contributed by atoms with E-state index in [-0.39, 0.29) is 16.7 Å². The molecule has 0 unspecified atom stereocenters. The monoisotopic (exact) mass is 393 g/mol. The molecular formula is C22H23N3O4. The van der Waals surface area contributed by atoms with E-state index in [0.717, 1.165) is 28.3 Å². The summed E-state index contributed by atoms with van der Waals surface area (Å²) in [7, 11) is 0. The molecular weight excluding hydrogens is 370 g/mol.